The molecule has 0 fully saturated rings. The molecule has 0 bridgehead atoms. The molecule has 0 radical (unpaired) electrons. The monoisotopic (exact) mass is 518 g/mol. The van der Waals surface area contributed by atoms with Gasteiger partial charge in [0.2, 0.25) is 0 Å². The Morgan fingerprint density at radius 3 is 2.14 bits per heavy atom. The third-order valence-corrected chi connectivity index (χ3v) is 5.65. The largest absolute Gasteiger partial charge is 0.457 e. The van der Waals surface area contributed by atoms with Crippen LogP contribution in [-0.2, 0) is 18.8 Å². The summed E-state index contributed by atoms with van der Waals surface area (Å²) in [6.45, 7) is 0.535. The summed E-state index contributed by atoms with van der Waals surface area (Å²) in [6, 6.07) is 10.2. The maximum Gasteiger partial charge on any atom is 0.416 e. The number of aromatic amines is 1. The van der Waals surface area contributed by atoms with Crippen LogP contribution >= 0.6 is 0 Å². The van der Waals surface area contributed by atoms with Crippen molar-refractivity contribution in [2.75, 3.05) is 6.54 Å². The second kappa shape index (κ2) is 8.95. The van der Waals surface area contributed by atoms with Gasteiger partial charge in [-0.1, -0.05) is 0 Å². The summed E-state index contributed by atoms with van der Waals surface area (Å²) < 4.78 is 83.9. The number of rotatable bonds is 4. The van der Waals surface area contributed by atoms with Gasteiger partial charge in [-0.2, -0.15) is 26.3 Å². The smallest absolute Gasteiger partial charge is 0.416 e. The van der Waals surface area contributed by atoms with Gasteiger partial charge < -0.3 is 15.0 Å². The average molecular weight is 518 g/mol. The Hall–Kier alpha value is -4.35. The average Bonchev–Trinajstić information content (AvgIpc) is 3.29. The lowest BCUT2D eigenvalue weighted by atomic mass is 10.1. The third kappa shape index (κ3) is 5.13. The summed E-state index contributed by atoms with van der Waals surface area (Å²) >= 11 is 0. The molecule has 5 rings (SSSR count). The second-order valence-electron chi connectivity index (χ2n) is 8.21. The van der Waals surface area contributed by atoms with Gasteiger partial charge in [-0.05, 0) is 54.6 Å². The number of alkyl halides is 6. The number of aromatic nitrogens is 3. The van der Waals surface area contributed by atoms with Crippen LogP contribution in [0.1, 0.15) is 27.2 Å². The number of nitrogens with zero attached hydrogens (tertiary/aromatic N) is 2. The van der Waals surface area contributed by atoms with Crippen molar-refractivity contribution in [3.63, 3.8) is 0 Å². The van der Waals surface area contributed by atoms with Crippen molar-refractivity contribution in [3.8, 4) is 34.3 Å². The minimum Gasteiger partial charge on any atom is -0.457 e. The number of fused-ring (bicyclic) bond motifs is 1. The fourth-order valence-electron chi connectivity index (χ4n) is 3.87. The number of H-pyrrole nitrogens is 1. The van der Waals surface area contributed by atoms with Gasteiger partial charge in [0, 0.05) is 30.4 Å². The van der Waals surface area contributed by atoms with Crippen molar-refractivity contribution in [1.29, 1.82) is 0 Å². The van der Waals surface area contributed by atoms with Gasteiger partial charge in [0.1, 0.15) is 11.5 Å². The molecule has 37 heavy (non-hydrogen) atoms. The van der Waals surface area contributed by atoms with Crippen LogP contribution in [0.2, 0.25) is 0 Å². The van der Waals surface area contributed by atoms with E-state index >= 15 is 0 Å². The summed E-state index contributed by atoms with van der Waals surface area (Å²) in [5, 5.41) is 2.77. The molecule has 3 heterocycles. The number of carbonyl (C=O) groups excluding carboxylic acids is 1. The highest BCUT2D eigenvalue weighted by atomic mass is 19.4. The van der Waals surface area contributed by atoms with Crippen molar-refractivity contribution in [2.24, 2.45) is 0 Å². The quantitative estimate of drug-likeness (QED) is 0.313. The van der Waals surface area contributed by atoms with Gasteiger partial charge >= 0.3 is 12.4 Å². The van der Waals surface area contributed by atoms with Gasteiger partial charge in [0.05, 0.1) is 28.1 Å². The molecule has 2 aromatic heterocycles. The number of hydrogen-bond acceptors (Lipinski definition) is 4. The van der Waals surface area contributed by atoms with E-state index in [1.165, 1.54) is 30.5 Å². The van der Waals surface area contributed by atoms with Crippen LogP contribution in [0.3, 0.4) is 0 Å². The summed E-state index contributed by atoms with van der Waals surface area (Å²) in [7, 11) is 0. The first-order valence-corrected chi connectivity index (χ1v) is 10.9. The van der Waals surface area contributed by atoms with Gasteiger partial charge in [0.15, 0.2) is 5.82 Å². The van der Waals surface area contributed by atoms with Gasteiger partial charge in [-0.15, -0.1) is 0 Å². The zero-order valence-electron chi connectivity index (χ0n) is 18.7. The molecular formula is C25H16F6N4O2. The van der Waals surface area contributed by atoms with E-state index in [9.17, 15) is 31.1 Å². The highest BCUT2D eigenvalue weighted by Crippen LogP contribution is 2.39. The molecule has 0 aliphatic carbocycles. The lowest BCUT2D eigenvalue weighted by Gasteiger charge is -2.14. The van der Waals surface area contributed by atoms with Crippen LogP contribution in [0.5, 0.6) is 11.5 Å². The van der Waals surface area contributed by atoms with Gasteiger partial charge in [-0.25, -0.2) is 9.97 Å². The molecule has 6 nitrogen and oxygen atoms in total. The standard InChI is InChI=1S/C25H16F6N4O2/c26-24(27,28)14-9-15(25(29,30)31)11-17(10-14)37-16-3-1-13(2-4-16)22-32-7-6-20(35-22)21-12-18-19(34-21)5-8-33-23(18)36/h1-4,6-7,9-12,34H,5,8H2,(H,33,36). The zero-order valence-corrected chi connectivity index (χ0v) is 18.7. The second-order valence-corrected chi connectivity index (χ2v) is 8.21. The molecule has 1 aliphatic rings. The Morgan fingerprint density at radius 2 is 1.51 bits per heavy atom. The minimum atomic E-state index is -4.98. The Bertz CT molecular complexity index is 1440. The number of amides is 1. The number of carbonyl (C=O) groups is 1. The van der Waals surface area contributed by atoms with Gasteiger partial charge in [-0.3, -0.25) is 4.79 Å². The molecule has 2 N–H and O–H groups in total. The topological polar surface area (TPSA) is 79.9 Å². The van der Waals surface area contributed by atoms with Crippen molar-refractivity contribution in [3.05, 3.63) is 83.2 Å². The normalized spacial score (nSPS) is 13.7. The Kier molecular flexibility index (Phi) is 5.89. The molecule has 2 aromatic carbocycles. The molecule has 0 saturated carbocycles. The number of halogens is 6. The molecular weight excluding hydrogens is 502 g/mol. The molecule has 4 aromatic rings. The van der Waals surface area contributed by atoms with E-state index in [1.54, 1.807) is 12.1 Å². The fraction of sp³-hybridized carbons (Fsp3) is 0.160. The minimum absolute atomic E-state index is 0.0235. The first-order valence-electron chi connectivity index (χ1n) is 10.9. The molecule has 0 saturated heterocycles. The Balaban J connectivity index is 1.39. The van der Waals surface area contributed by atoms with E-state index < -0.39 is 29.2 Å². The van der Waals surface area contributed by atoms with E-state index in [-0.39, 0.29) is 17.7 Å². The molecule has 1 amide bonds. The molecule has 1 aliphatic heterocycles. The summed E-state index contributed by atoms with van der Waals surface area (Å²) in [5.74, 6) is -0.431. The number of ether oxygens (including phenoxy) is 1. The van der Waals surface area contributed by atoms with E-state index in [0.29, 0.717) is 53.4 Å². The lowest BCUT2D eigenvalue weighted by Crippen LogP contribution is -2.31. The lowest BCUT2D eigenvalue weighted by molar-refractivity contribution is -0.143. The van der Waals surface area contributed by atoms with Gasteiger partial charge in [0.25, 0.3) is 5.91 Å². The first-order chi connectivity index (χ1) is 17.5. The summed E-state index contributed by atoms with van der Waals surface area (Å²) in [5.41, 5.74) is 0.121. The van der Waals surface area contributed by atoms with Crippen LogP contribution < -0.4 is 10.1 Å². The SMILES string of the molecule is O=C1NCCc2[nH]c(-c3ccnc(-c4ccc(Oc5cc(C(F)(F)F)cc(C(F)(F)F)c5)cc4)n3)cc21. The van der Waals surface area contributed by atoms with Crippen molar-refractivity contribution < 1.29 is 35.9 Å². The van der Waals surface area contributed by atoms with Crippen molar-refractivity contribution in [1.82, 2.24) is 20.3 Å². The molecule has 0 atom stereocenters. The molecule has 190 valence electrons. The van der Waals surface area contributed by atoms with Crippen LogP contribution in [0.4, 0.5) is 26.3 Å². The fourth-order valence-corrected chi connectivity index (χ4v) is 3.87. The van der Waals surface area contributed by atoms with Crippen LogP contribution in [0, 0.1) is 0 Å². The predicted molar refractivity (Wildman–Crippen MR) is 120 cm³/mol. The number of hydrogen-bond donors (Lipinski definition) is 2. The van der Waals surface area contributed by atoms with Crippen molar-refractivity contribution >= 4 is 5.91 Å². The van der Waals surface area contributed by atoms with Crippen LogP contribution in [-0.4, -0.2) is 27.4 Å². The molecule has 0 spiro atoms. The summed E-state index contributed by atoms with van der Waals surface area (Å²) in [6.07, 6.45) is -7.76. The van der Waals surface area contributed by atoms with E-state index in [1.807, 2.05) is 0 Å². The van der Waals surface area contributed by atoms with Crippen molar-refractivity contribution in [2.45, 2.75) is 18.8 Å². The van der Waals surface area contributed by atoms with E-state index in [2.05, 4.69) is 20.3 Å². The number of benzene rings is 2. The van der Waals surface area contributed by atoms with Crippen LogP contribution in [0.15, 0.2) is 60.8 Å². The maximum atomic E-state index is 13.1. The Labute approximate surface area is 205 Å². The van der Waals surface area contributed by atoms with Crippen LogP contribution in [0.25, 0.3) is 22.8 Å². The van der Waals surface area contributed by atoms with E-state index in [0.717, 1.165) is 5.69 Å². The molecule has 12 heteroatoms. The highest BCUT2D eigenvalue weighted by molar-refractivity contribution is 5.97. The predicted octanol–water partition coefficient (Wildman–Crippen LogP) is 6.25. The maximum absolute atomic E-state index is 13.1. The summed E-state index contributed by atoms with van der Waals surface area (Å²) in [4.78, 5) is 24.0. The first kappa shape index (κ1) is 24.3. The number of nitrogens with one attached hydrogen (secondary N) is 2. The third-order valence-electron chi connectivity index (χ3n) is 5.65. The Morgan fingerprint density at radius 1 is 0.838 bits per heavy atom. The molecule has 0 unspecified atom stereocenters. The zero-order chi connectivity index (χ0) is 26.4. The highest BCUT2D eigenvalue weighted by Gasteiger charge is 2.37. The van der Waals surface area contributed by atoms with E-state index in [4.69, 9.17) is 4.74 Å².